The molecule has 3 rings (SSSR count). The van der Waals surface area contributed by atoms with Crippen LogP contribution in [-0.4, -0.2) is 36.3 Å². The van der Waals surface area contributed by atoms with E-state index in [1.165, 1.54) is 31.3 Å². The first-order valence-corrected chi connectivity index (χ1v) is 8.47. The van der Waals surface area contributed by atoms with E-state index in [1.807, 2.05) is 17.9 Å². The van der Waals surface area contributed by atoms with Gasteiger partial charge in [-0.15, -0.1) is 0 Å². The van der Waals surface area contributed by atoms with Gasteiger partial charge in [0.1, 0.15) is 0 Å². The Hall–Kier alpha value is -1.32. The molecular weight excluding hydrogens is 264 g/mol. The second-order valence-corrected chi connectivity index (χ2v) is 6.71. The number of nitrogens with one attached hydrogen (secondary N) is 1. The van der Waals surface area contributed by atoms with Crippen LogP contribution in [0.15, 0.2) is 11.6 Å². The van der Waals surface area contributed by atoms with E-state index in [9.17, 15) is 9.59 Å². The highest BCUT2D eigenvalue weighted by Crippen LogP contribution is 2.48. The minimum atomic E-state index is -0.0265. The lowest BCUT2D eigenvalue weighted by atomic mass is 9.96. The number of rotatable bonds is 5. The number of piperidine rings is 1. The number of amides is 2. The van der Waals surface area contributed by atoms with Crippen LogP contribution >= 0.6 is 0 Å². The molecule has 0 radical (unpaired) electrons. The van der Waals surface area contributed by atoms with Crippen LogP contribution in [0.3, 0.4) is 0 Å². The minimum Gasteiger partial charge on any atom is -0.356 e. The molecule has 3 aliphatic rings. The predicted molar refractivity (Wildman–Crippen MR) is 81.5 cm³/mol. The van der Waals surface area contributed by atoms with Gasteiger partial charge >= 0.3 is 0 Å². The second-order valence-electron chi connectivity index (χ2n) is 6.71. The summed E-state index contributed by atoms with van der Waals surface area (Å²) in [6.07, 6.45) is 8.79. The standard InChI is InChI=1S/C17H26N2O2/c1-2-18-17(21)14-4-3-9-19(11-14)16(20)10-15(12-5-6-12)13-7-8-13/h10,12-14H,2-9,11H2,1H3,(H,18,21). The Morgan fingerprint density at radius 2 is 1.76 bits per heavy atom. The Kier molecular flexibility index (Phi) is 4.32. The van der Waals surface area contributed by atoms with E-state index in [-0.39, 0.29) is 17.7 Å². The van der Waals surface area contributed by atoms with Gasteiger partial charge in [-0.2, -0.15) is 0 Å². The molecule has 116 valence electrons. The summed E-state index contributed by atoms with van der Waals surface area (Å²) >= 11 is 0. The normalized spacial score (nSPS) is 25.4. The number of hydrogen-bond acceptors (Lipinski definition) is 2. The fourth-order valence-electron chi connectivity index (χ4n) is 3.35. The first kappa shape index (κ1) is 14.6. The summed E-state index contributed by atoms with van der Waals surface area (Å²) in [7, 11) is 0. The molecule has 2 saturated carbocycles. The van der Waals surface area contributed by atoms with Gasteiger partial charge in [0.15, 0.2) is 0 Å². The summed E-state index contributed by atoms with van der Waals surface area (Å²) < 4.78 is 0. The summed E-state index contributed by atoms with van der Waals surface area (Å²) in [5.74, 6) is 1.58. The van der Waals surface area contributed by atoms with Crippen molar-refractivity contribution in [1.82, 2.24) is 10.2 Å². The van der Waals surface area contributed by atoms with Gasteiger partial charge in [-0.25, -0.2) is 0 Å². The molecule has 0 bridgehead atoms. The molecule has 0 aromatic heterocycles. The summed E-state index contributed by atoms with van der Waals surface area (Å²) in [4.78, 5) is 26.4. The smallest absolute Gasteiger partial charge is 0.246 e. The highest BCUT2D eigenvalue weighted by Gasteiger charge is 2.37. The second kappa shape index (κ2) is 6.20. The van der Waals surface area contributed by atoms with E-state index in [4.69, 9.17) is 0 Å². The van der Waals surface area contributed by atoms with Gasteiger partial charge in [-0.3, -0.25) is 9.59 Å². The molecule has 1 saturated heterocycles. The number of allylic oxidation sites excluding steroid dienone is 1. The monoisotopic (exact) mass is 290 g/mol. The average Bonchev–Trinajstić information content (AvgIpc) is 3.38. The van der Waals surface area contributed by atoms with Gasteiger partial charge < -0.3 is 10.2 Å². The zero-order valence-electron chi connectivity index (χ0n) is 12.9. The lowest BCUT2D eigenvalue weighted by molar-refractivity contribution is -0.132. The SMILES string of the molecule is CCNC(=O)C1CCCN(C(=O)C=C(C2CC2)C2CC2)C1. The van der Waals surface area contributed by atoms with Crippen LogP contribution < -0.4 is 5.32 Å². The number of nitrogens with zero attached hydrogens (tertiary/aromatic N) is 1. The third kappa shape index (κ3) is 3.66. The Labute approximate surface area is 127 Å². The maximum absolute atomic E-state index is 12.5. The summed E-state index contributed by atoms with van der Waals surface area (Å²) in [6.45, 7) is 3.98. The average molecular weight is 290 g/mol. The molecule has 0 aromatic rings. The van der Waals surface area contributed by atoms with E-state index < -0.39 is 0 Å². The summed E-state index contributed by atoms with van der Waals surface area (Å²) in [5, 5.41) is 2.88. The number of carbonyl (C=O) groups excluding carboxylic acids is 2. The van der Waals surface area contributed by atoms with Crippen molar-refractivity contribution in [3.63, 3.8) is 0 Å². The van der Waals surface area contributed by atoms with E-state index >= 15 is 0 Å². The largest absolute Gasteiger partial charge is 0.356 e. The zero-order valence-corrected chi connectivity index (χ0v) is 12.9. The predicted octanol–water partition coefficient (Wildman–Crippen LogP) is 2.11. The first-order chi connectivity index (χ1) is 10.2. The van der Waals surface area contributed by atoms with Gasteiger partial charge in [0, 0.05) is 25.7 Å². The van der Waals surface area contributed by atoms with Crippen molar-refractivity contribution in [3.8, 4) is 0 Å². The third-order valence-corrected chi connectivity index (χ3v) is 4.84. The first-order valence-electron chi connectivity index (χ1n) is 8.47. The van der Waals surface area contributed by atoms with Crippen LogP contribution in [0.1, 0.15) is 45.4 Å². The van der Waals surface area contributed by atoms with Crippen molar-refractivity contribution in [3.05, 3.63) is 11.6 Å². The topological polar surface area (TPSA) is 49.4 Å². The van der Waals surface area contributed by atoms with Crippen molar-refractivity contribution in [2.24, 2.45) is 17.8 Å². The summed E-state index contributed by atoms with van der Waals surface area (Å²) in [5.41, 5.74) is 1.40. The van der Waals surface area contributed by atoms with E-state index in [0.717, 1.165) is 19.4 Å². The van der Waals surface area contributed by atoms with E-state index in [2.05, 4.69) is 5.32 Å². The Balaban J connectivity index is 1.61. The van der Waals surface area contributed by atoms with Crippen molar-refractivity contribution in [1.29, 1.82) is 0 Å². The third-order valence-electron chi connectivity index (χ3n) is 4.84. The van der Waals surface area contributed by atoms with Crippen molar-refractivity contribution in [2.45, 2.75) is 45.4 Å². The fourth-order valence-corrected chi connectivity index (χ4v) is 3.35. The van der Waals surface area contributed by atoms with Crippen LogP contribution in [0, 0.1) is 17.8 Å². The van der Waals surface area contributed by atoms with Gasteiger partial charge in [-0.05, 0) is 57.3 Å². The minimum absolute atomic E-state index is 0.0265. The van der Waals surface area contributed by atoms with Gasteiger partial charge in [0.2, 0.25) is 11.8 Å². The maximum Gasteiger partial charge on any atom is 0.246 e. The van der Waals surface area contributed by atoms with Gasteiger partial charge in [-0.1, -0.05) is 5.57 Å². The molecule has 4 heteroatoms. The summed E-state index contributed by atoms with van der Waals surface area (Å²) in [6, 6.07) is 0. The number of hydrogen-bond donors (Lipinski definition) is 1. The van der Waals surface area contributed by atoms with Crippen LogP contribution in [0.4, 0.5) is 0 Å². The molecule has 2 amide bonds. The van der Waals surface area contributed by atoms with Gasteiger partial charge in [0.25, 0.3) is 0 Å². The number of likely N-dealkylation sites (tertiary alicyclic amines) is 1. The quantitative estimate of drug-likeness (QED) is 0.788. The molecule has 0 aromatic carbocycles. The zero-order chi connectivity index (χ0) is 14.8. The molecule has 2 aliphatic carbocycles. The lowest BCUT2D eigenvalue weighted by Crippen LogP contribution is -2.45. The molecule has 1 N–H and O–H groups in total. The molecule has 1 atom stereocenters. The highest BCUT2D eigenvalue weighted by atomic mass is 16.2. The molecule has 0 spiro atoms. The molecule has 1 heterocycles. The molecule has 21 heavy (non-hydrogen) atoms. The molecule has 4 nitrogen and oxygen atoms in total. The Morgan fingerprint density at radius 3 is 2.33 bits per heavy atom. The molecule has 1 aliphatic heterocycles. The van der Waals surface area contributed by atoms with Crippen molar-refractivity contribution < 1.29 is 9.59 Å². The van der Waals surface area contributed by atoms with E-state index in [0.29, 0.717) is 24.9 Å². The fraction of sp³-hybridized carbons (Fsp3) is 0.765. The van der Waals surface area contributed by atoms with Crippen molar-refractivity contribution >= 4 is 11.8 Å². The van der Waals surface area contributed by atoms with Crippen LogP contribution in [-0.2, 0) is 9.59 Å². The number of carbonyl (C=O) groups is 2. The van der Waals surface area contributed by atoms with Gasteiger partial charge in [0.05, 0.1) is 5.92 Å². The maximum atomic E-state index is 12.5. The lowest BCUT2D eigenvalue weighted by Gasteiger charge is -2.31. The van der Waals surface area contributed by atoms with Crippen LogP contribution in [0.25, 0.3) is 0 Å². The Morgan fingerprint density at radius 1 is 1.10 bits per heavy atom. The van der Waals surface area contributed by atoms with Crippen LogP contribution in [0.2, 0.25) is 0 Å². The highest BCUT2D eigenvalue weighted by molar-refractivity contribution is 5.89. The molecular formula is C17H26N2O2. The van der Waals surface area contributed by atoms with Crippen molar-refractivity contribution in [2.75, 3.05) is 19.6 Å². The molecule has 1 unspecified atom stereocenters. The Bertz CT molecular complexity index is 436. The molecule has 3 fully saturated rings. The van der Waals surface area contributed by atoms with Crippen LogP contribution in [0.5, 0.6) is 0 Å². The van der Waals surface area contributed by atoms with E-state index in [1.54, 1.807) is 0 Å².